The number of nitrogens with zero attached hydrogens (tertiary/aromatic N) is 1. The molecule has 0 bridgehead atoms. The number of rotatable bonds is 4. The molecular weight excluding hydrogens is 387 g/mol. The van der Waals surface area contributed by atoms with Crippen LogP contribution in [0.25, 0.3) is 0 Å². The number of halogens is 2. The molecule has 0 saturated carbocycles. The van der Waals surface area contributed by atoms with E-state index in [-0.39, 0.29) is 11.6 Å². The molecule has 4 nitrogen and oxygen atoms in total. The highest BCUT2D eigenvalue weighted by Gasteiger charge is 2.37. The summed E-state index contributed by atoms with van der Waals surface area (Å²) in [6.07, 6.45) is 1.34. The van der Waals surface area contributed by atoms with Crippen LogP contribution in [0.4, 0.5) is 15.8 Å². The normalized spacial score (nSPS) is 17.0. The van der Waals surface area contributed by atoms with Gasteiger partial charge in [0.2, 0.25) is 11.8 Å². The maximum Gasteiger partial charge on any atom is 0.239 e. The third kappa shape index (κ3) is 3.74. The molecule has 1 fully saturated rings. The lowest BCUT2D eigenvalue weighted by Gasteiger charge is -2.17. The summed E-state index contributed by atoms with van der Waals surface area (Å²) in [7, 11) is 0. The van der Waals surface area contributed by atoms with Crippen molar-refractivity contribution in [3.05, 3.63) is 58.3 Å². The van der Waals surface area contributed by atoms with E-state index in [2.05, 4.69) is 28.2 Å². The van der Waals surface area contributed by atoms with E-state index < -0.39 is 17.6 Å². The molecule has 0 unspecified atom stereocenters. The summed E-state index contributed by atoms with van der Waals surface area (Å²) in [6, 6.07) is 12.1. The van der Waals surface area contributed by atoms with Crippen molar-refractivity contribution in [2.75, 3.05) is 16.8 Å². The van der Waals surface area contributed by atoms with Gasteiger partial charge in [-0.1, -0.05) is 35.0 Å². The lowest BCUT2D eigenvalue weighted by Crippen LogP contribution is -2.33. The van der Waals surface area contributed by atoms with Crippen molar-refractivity contribution in [3.8, 4) is 0 Å². The molecule has 1 heterocycles. The number of carbonyl (C=O) groups excluding carboxylic acids is 2. The van der Waals surface area contributed by atoms with Crippen LogP contribution in [0.2, 0.25) is 0 Å². The maximum absolute atomic E-state index is 13.9. The van der Waals surface area contributed by atoms with Crippen molar-refractivity contribution in [2.24, 2.45) is 5.92 Å². The van der Waals surface area contributed by atoms with Crippen LogP contribution in [0.1, 0.15) is 18.9 Å². The fourth-order valence-electron chi connectivity index (χ4n) is 2.90. The summed E-state index contributed by atoms with van der Waals surface area (Å²) < 4.78 is 14.5. The van der Waals surface area contributed by atoms with Gasteiger partial charge in [0.1, 0.15) is 11.7 Å². The first-order chi connectivity index (χ1) is 12.0. The van der Waals surface area contributed by atoms with Crippen LogP contribution >= 0.6 is 15.9 Å². The van der Waals surface area contributed by atoms with Crippen molar-refractivity contribution >= 4 is 39.1 Å². The predicted molar refractivity (Wildman–Crippen MR) is 99.0 cm³/mol. The third-order valence-corrected chi connectivity index (χ3v) is 4.86. The number of hydrogen-bond acceptors (Lipinski definition) is 2. The van der Waals surface area contributed by atoms with Crippen molar-refractivity contribution in [1.82, 2.24) is 0 Å². The third-order valence-electron chi connectivity index (χ3n) is 4.37. The first kappa shape index (κ1) is 17.6. The fraction of sp³-hybridized carbons (Fsp3) is 0.263. The Morgan fingerprint density at radius 2 is 2.00 bits per heavy atom. The summed E-state index contributed by atoms with van der Waals surface area (Å²) in [5.74, 6) is -2.06. The smallest absolute Gasteiger partial charge is 0.239 e. The van der Waals surface area contributed by atoms with E-state index in [0.717, 1.165) is 12.1 Å². The van der Waals surface area contributed by atoms with Gasteiger partial charge in [-0.25, -0.2) is 4.39 Å². The van der Waals surface area contributed by atoms with E-state index >= 15 is 0 Å². The van der Waals surface area contributed by atoms with Crippen LogP contribution in [0.3, 0.4) is 0 Å². The minimum atomic E-state index is -0.797. The zero-order chi connectivity index (χ0) is 18.0. The second-order valence-corrected chi connectivity index (χ2v) is 6.88. The van der Waals surface area contributed by atoms with Gasteiger partial charge in [0.05, 0.1) is 5.69 Å². The molecule has 2 amide bonds. The molecule has 25 heavy (non-hydrogen) atoms. The predicted octanol–water partition coefficient (Wildman–Crippen LogP) is 4.14. The molecule has 1 N–H and O–H groups in total. The molecule has 130 valence electrons. The quantitative estimate of drug-likeness (QED) is 0.778. The molecule has 1 atom stereocenters. The molecule has 0 aliphatic carbocycles. The van der Waals surface area contributed by atoms with E-state index in [4.69, 9.17) is 0 Å². The van der Waals surface area contributed by atoms with Gasteiger partial charge in [-0.05, 0) is 48.7 Å². The van der Waals surface area contributed by atoms with Gasteiger partial charge >= 0.3 is 0 Å². The highest BCUT2D eigenvalue weighted by molar-refractivity contribution is 9.10. The molecule has 6 heteroatoms. The summed E-state index contributed by atoms with van der Waals surface area (Å²) >= 11 is 3.17. The number of anilines is 2. The van der Waals surface area contributed by atoms with Crippen LogP contribution in [0.15, 0.2) is 46.9 Å². The molecule has 0 aromatic heterocycles. The number of amides is 2. The summed E-state index contributed by atoms with van der Waals surface area (Å²) in [5, 5.41) is 2.52. The summed E-state index contributed by atoms with van der Waals surface area (Å²) in [6.45, 7) is 2.54. The average molecular weight is 405 g/mol. The van der Waals surface area contributed by atoms with Gasteiger partial charge in [-0.3, -0.25) is 9.59 Å². The van der Waals surface area contributed by atoms with Gasteiger partial charge in [-0.2, -0.15) is 0 Å². The molecular formula is C19H18BrFN2O2. The number of carbonyl (C=O) groups is 2. The van der Waals surface area contributed by atoms with Crippen LogP contribution in [0.5, 0.6) is 0 Å². The highest BCUT2D eigenvalue weighted by Crippen LogP contribution is 2.27. The Balaban J connectivity index is 1.71. The monoisotopic (exact) mass is 404 g/mol. The van der Waals surface area contributed by atoms with Crippen LogP contribution < -0.4 is 10.2 Å². The Morgan fingerprint density at radius 1 is 1.28 bits per heavy atom. The standard InChI is InChI=1S/C19H18BrFN2O2/c1-2-12-3-6-14(7-4-12)23-10-9-15(19(23)25)18(24)22-17-8-5-13(20)11-16(17)21/h3-8,11,15H,2,9-10H2,1H3,(H,22,24)/t15-/m1/s1. The topological polar surface area (TPSA) is 49.4 Å². The number of nitrogens with one attached hydrogen (secondary N) is 1. The maximum atomic E-state index is 13.9. The van der Waals surface area contributed by atoms with Crippen molar-refractivity contribution in [3.63, 3.8) is 0 Å². The second-order valence-electron chi connectivity index (χ2n) is 5.96. The molecule has 3 rings (SSSR count). The first-order valence-electron chi connectivity index (χ1n) is 8.16. The van der Waals surface area contributed by atoms with E-state index in [9.17, 15) is 14.0 Å². The molecule has 1 saturated heterocycles. The number of benzene rings is 2. The molecule has 0 spiro atoms. The van der Waals surface area contributed by atoms with Gasteiger partial charge < -0.3 is 10.2 Å². The average Bonchev–Trinajstić information content (AvgIpc) is 2.99. The lowest BCUT2D eigenvalue weighted by atomic mass is 10.1. The van der Waals surface area contributed by atoms with Crippen LogP contribution in [-0.2, 0) is 16.0 Å². The van der Waals surface area contributed by atoms with Crippen molar-refractivity contribution in [2.45, 2.75) is 19.8 Å². The Kier molecular flexibility index (Phi) is 5.18. The SMILES string of the molecule is CCc1ccc(N2CC[C@H](C(=O)Nc3ccc(Br)cc3F)C2=O)cc1. The Morgan fingerprint density at radius 3 is 2.64 bits per heavy atom. The van der Waals surface area contributed by atoms with Gasteiger partial charge in [0.15, 0.2) is 0 Å². The number of hydrogen-bond donors (Lipinski definition) is 1. The lowest BCUT2D eigenvalue weighted by molar-refractivity contribution is -0.129. The molecule has 1 aliphatic rings. The van der Waals surface area contributed by atoms with Crippen LogP contribution in [0, 0.1) is 11.7 Å². The van der Waals surface area contributed by atoms with E-state index in [1.54, 1.807) is 11.0 Å². The number of aryl methyl sites for hydroxylation is 1. The van der Waals surface area contributed by atoms with E-state index in [0.29, 0.717) is 17.4 Å². The Bertz CT molecular complexity index is 808. The molecule has 2 aromatic rings. The largest absolute Gasteiger partial charge is 0.323 e. The van der Waals surface area contributed by atoms with Gasteiger partial charge in [-0.15, -0.1) is 0 Å². The second kappa shape index (κ2) is 7.35. The van der Waals surface area contributed by atoms with Crippen LogP contribution in [-0.4, -0.2) is 18.4 Å². The zero-order valence-corrected chi connectivity index (χ0v) is 15.3. The zero-order valence-electron chi connectivity index (χ0n) is 13.8. The van der Waals surface area contributed by atoms with Crippen molar-refractivity contribution < 1.29 is 14.0 Å². The van der Waals surface area contributed by atoms with Gasteiger partial charge in [0.25, 0.3) is 0 Å². The fourth-order valence-corrected chi connectivity index (χ4v) is 3.23. The molecule has 1 aliphatic heterocycles. The minimum Gasteiger partial charge on any atom is -0.323 e. The van der Waals surface area contributed by atoms with E-state index in [1.807, 2.05) is 24.3 Å². The Labute approximate surface area is 154 Å². The van der Waals surface area contributed by atoms with Crippen molar-refractivity contribution in [1.29, 1.82) is 0 Å². The molecule has 0 radical (unpaired) electrons. The molecule has 2 aromatic carbocycles. The summed E-state index contributed by atoms with van der Waals surface area (Å²) in [5.41, 5.74) is 2.05. The summed E-state index contributed by atoms with van der Waals surface area (Å²) in [4.78, 5) is 26.6. The highest BCUT2D eigenvalue weighted by atomic mass is 79.9. The Hall–Kier alpha value is -2.21. The first-order valence-corrected chi connectivity index (χ1v) is 8.95. The van der Waals surface area contributed by atoms with Gasteiger partial charge in [0, 0.05) is 16.7 Å². The minimum absolute atomic E-state index is 0.0757. The van der Waals surface area contributed by atoms with E-state index in [1.165, 1.54) is 17.7 Å².